The Hall–Kier alpha value is -4.20. The van der Waals surface area contributed by atoms with E-state index in [1.165, 1.54) is 12.2 Å². The maximum atomic E-state index is 13.3. The van der Waals surface area contributed by atoms with Crippen molar-refractivity contribution < 1.29 is 23.9 Å². The summed E-state index contributed by atoms with van der Waals surface area (Å²) in [5, 5.41) is 4.78. The fourth-order valence-electron chi connectivity index (χ4n) is 6.41. The zero-order chi connectivity index (χ0) is 27.2. The van der Waals surface area contributed by atoms with E-state index in [4.69, 9.17) is 10.5 Å². The van der Waals surface area contributed by atoms with Crippen LogP contribution in [0.4, 0.5) is 5.69 Å². The van der Waals surface area contributed by atoms with E-state index >= 15 is 0 Å². The molecule has 0 spiro atoms. The van der Waals surface area contributed by atoms with E-state index in [9.17, 15) is 19.2 Å². The van der Waals surface area contributed by atoms with E-state index in [1.807, 2.05) is 31.2 Å². The second-order valence-electron chi connectivity index (χ2n) is 10.9. The van der Waals surface area contributed by atoms with Gasteiger partial charge in [-0.25, -0.2) is 0 Å². The third-order valence-electron chi connectivity index (χ3n) is 8.48. The number of nitrogens with one attached hydrogen (secondary N) is 2. The minimum atomic E-state index is -1.04. The number of carbonyl (C=O) groups is 4. The molecule has 2 heterocycles. The van der Waals surface area contributed by atoms with Crippen molar-refractivity contribution in [1.82, 2.24) is 10.6 Å². The van der Waals surface area contributed by atoms with E-state index in [2.05, 4.69) is 24.5 Å². The molecule has 2 aromatic rings. The number of benzene rings is 2. The van der Waals surface area contributed by atoms with Crippen molar-refractivity contribution >= 4 is 29.3 Å². The van der Waals surface area contributed by atoms with Crippen molar-refractivity contribution in [3.05, 3.63) is 77.4 Å². The standard InChI is InChI=1S/C30H31N3O5/c1-17(2)18-11-12-29(3,23-14-25(34)32-27(23)36)30(16-18,24-15-26(35)33-28(24)37)19-7-9-21(10-8-19)38-22-6-4-5-20(31)13-22/h4-10,13-15,17-18H,11-12,16,31H2,1-3H3,(H,32,34,36)(H,33,35,37). The van der Waals surface area contributed by atoms with Gasteiger partial charge < -0.3 is 10.5 Å². The normalized spacial score (nSPS) is 27.2. The van der Waals surface area contributed by atoms with Gasteiger partial charge in [0.15, 0.2) is 0 Å². The molecular weight excluding hydrogens is 482 g/mol. The summed E-state index contributed by atoms with van der Waals surface area (Å²) in [4.78, 5) is 51.1. The van der Waals surface area contributed by atoms with Gasteiger partial charge in [-0.15, -0.1) is 0 Å². The predicted molar refractivity (Wildman–Crippen MR) is 142 cm³/mol. The summed E-state index contributed by atoms with van der Waals surface area (Å²) in [6, 6.07) is 14.5. The molecule has 3 unspecified atom stereocenters. The van der Waals surface area contributed by atoms with Gasteiger partial charge in [-0.2, -0.15) is 0 Å². The summed E-state index contributed by atoms with van der Waals surface area (Å²) < 4.78 is 5.99. The van der Waals surface area contributed by atoms with Gasteiger partial charge in [0.2, 0.25) is 0 Å². The Morgan fingerprint density at radius 3 is 2.08 bits per heavy atom. The first-order valence-corrected chi connectivity index (χ1v) is 12.8. The Morgan fingerprint density at radius 2 is 1.53 bits per heavy atom. The molecule has 8 nitrogen and oxygen atoms in total. The number of hydrogen-bond donors (Lipinski definition) is 3. The number of rotatable bonds is 6. The van der Waals surface area contributed by atoms with Crippen molar-refractivity contribution in [2.24, 2.45) is 17.3 Å². The summed E-state index contributed by atoms with van der Waals surface area (Å²) in [5.74, 6) is -0.215. The molecule has 3 aliphatic rings. The zero-order valence-corrected chi connectivity index (χ0v) is 21.7. The molecule has 196 valence electrons. The highest BCUT2D eigenvalue weighted by Gasteiger charge is 2.61. The molecule has 1 aliphatic carbocycles. The molecule has 1 saturated carbocycles. The largest absolute Gasteiger partial charge is 0.457 e. The number of hydrogen-bond acceptors (Lipinski definition) is 6. The van der Waals surface area contributed by atoms with Crippen LogP contribution in [0.2, 0.25) is 0 Å². The summed E-state index contributed by atoms with van der Waals surface area (Å²) in [5.41, 5.74) is 5.90. The van der Waals surface area contributed by atoms with Crippen molar-refractivity contribution in [3.63, 3.8) is 0 Å². The lowest BCUT2D eigenvalue weighted by Crippen LogP contribution is -2.54. The van der Waals surface area contributed by atoms with E-state index in [0.29, 0.717) is 47.1 Å². The third kappa shape index (κ3) is 4.10. The maximum absolute atomic E-state index is 13.3. The fraction of sp³-hybridized carbons (Fsp3) is 0.333. The highest BCUT2D eigenvalue weighted by atomic mass is 16.5. The number of nitrogen functional groups attached to an aromatic ring is 1. The molecule has 4 amide bonds. The van der Waals surface area contributed by atoms with Crippen molar-refractivity contribution in [2.75, 3.05) is 5.73 Å². The summed E-state index contributed by atoms with van der Waals surface area (Å²) in [6.45, 7) is 6.21. The lowest BCUT2D eigenvalue weighted by atomic mass is 9.46. The molecule has 38 heavy (non-hydrogen) atoms. The van der Waals surface area contributed by atoms with E-state index < -0.39 is 34.5 Å². The maximum Gasteiger partial charge on any atom is 0.255 e. The summed E-state index contributed by atoms with van der Waals surface area (Å²) in [7, 11) is 0. The molecule has 4 N–H and O–H groups in total. The fourth-order valence-corrected chi connectivity index (χ4v) is 6.41. The average molecular weight is 514 g/mol. The number of imide groups is 2. The number of nitrogens with two attached hydrogens (primary N) is 1. The topological polar surface area (TPSA) is 128 Å². The molecule has 5 rings (SSSR count). The molecular formula is C30H31N3O5. The third-order valence-corrected chi connectivity index (χ3v) is 8.48. The SMILES string of the molecule is CC(C)C1CCC(C)(C2=CC(=O)NC2=O)C(C2=CC(=O)NC2=O)(c2ccc(Oc3cccc(N)c3)cc2)C1. The number of ether oxygens (including phenoxy) is 1. The highest BCUT2D eigenvalue weighted by molar-refractivity contribution is 6.19. The van der Waals surface area contributed by atoms with Crippen LogP contribution < -0.4 is 21.1 Å². The van der Waals surface area contributed by atoms with Gasteiger partial charge in [-0.3, -0.25) is 29.8 Å². The molecule has 8 heteroatoms. The Kier molecular flexibility index (Phi) is 6.21. The Morgan fingerprint density at radius 1 is 0.895 bits per heavy atom. The molecule has 3 atom stereocenters. The van der Waals surface area contributed by atoms with Crippen LogP contribution in [0.1, 0.15) is 45.6 Å². The van der Waals surface area contributed by atoms with Gasteiger partial charge in [0, 0.05) is 45.9 Å². The highest BCUT2D eigenvalue weighted by Crippen LogP contribution is 2.62. The molecule has 0 bridgehead atoms. The second-order valence-corrected chi connectivity index (χ2v) is 10.9. The Balaban J connectivity index is 1.69. The number of anilines is 1. The minimum absolute atomic E-state index is 0.219. The molecule has 2 aromatic carbocycles. The number of amides is 4. The first kappa shape index (κ1) is 25.4. The molecule has 1 fully saturated rings. The minimum Gasteiger partial charge on any atom is -0.457 e. The first-order chi connectivity index (χ1) is 18.0. The smallest absolute Gasteiger partial charge is 0.255 e. The number of carbonyl (C=O) groups excluding carboxylic acids is 4. The van der Waals surface area contributed by atoms with Gasteiger partial charge in [-0.05, 0) is 60.9 Å². The van der Waals surface area contributed by atoms with Gasteiger partial charge in [0.25, 0.3) is 23.6 Å². The molecule has 0 radical (unpaired) electrons. The van der Waals surface area contributed by atoms with Gasteiger partial charge in [-0.1, -0.05) is 39.0 Å². The first-order valence-electron chi connectivity index (χ1n) is 12.8. The summed E-state index contributed by atoms with van der Waals surface area (Å²) in [6.07, 6.45) is 4.61. The lowest BCUT2D eigenvalue weighted by molar-refractivity contribution is -0.127. The van der Waals surface area contributed by atoms with E-state index in [0.717, 1.165) is 12.0 Å². The predicted octanol–water partition coefficient (Wildman–Crippen LogP) is 3.93. The van der Waals surface area contributed by atoms with Crippen molar-refractivity contribution in [1.29, 1.82) is 0 Å². The van der Waals surface area contributed by atoms with Crippen LogP contribution in [0.25, 0.3) is 0 Å². The second kappa shape index (κ2) is 9.28. The zero-order valence-electron chi connectivity index (χ0n) is 21.7. The van der Waals surface area contributed by atoms with Crippen molar-refractivity contribution in [2.45, 2.75) is 45.4 Å². The van der Waals surface area contributed by atoms with Crippen LogP contribution in [0.3, 0.4) is 0 Å². The van der Waals surface area contributed by atoms with Crippen LogP contribution in [0.5, 0.6) is 11.5 Å². The monoisotopic (exact) mass is 513 g/mol. The Labute approximate surface area is 221 Å². The van der Waals surface area contributed by atoms with Crippen molar-refractivity contribution in [3.8, 4) is 11.5 Å². The van der Waals surface area contributed by atoms with E-state index in [1.54, 1.807) is 24.3 Å². The van der Waals surface area contributed by atoms with Gasteiger partial charge >= 0.3 is 0 Å². The van der Waals surface area contributed by atoms with Crippen LogP contribution in [0, 0.1) is 17.3 Å². The molecule has 0 saturated heterocycles. The molecule has 2 aliphatic heterocycles. The Bertz CT molecular complexity index is 1410. The van der Waals surface area contributed by atoms with Crippen LogP contribution in [-0.4, -0.2) is 23.6 Å². The quantitative estimate of drug-likeness (QED) is 0.397. The summed E-state index contributed by atoms with van der Waals surface area (Å²) >= 11 is 0. The van der Waals surface area contributed by atoms with Gasteiger partial charge in [0.1, 0.15) is 11.5 Å². The van der Waals surface area contributed by atoms with Crippen LogP contribution >= 0.6 is 0 Å². The lowest BCUT2D eigenvalue weighted by Gasteiger charge is -2.55. The van der Waals surface area contributed by atoms with Crippen LogP contribution in [0.15, 0.2) is 71.8 Å². The van der Waals surface area contributed by atoms with Gasteiger partial charge in [0.05, 0.1) is 0 Å². The van der Waals surface area contributed by atoms with Crippen LogP contribution in [-0.2, 0) is 24.6 Å². The molecule has 0 aromatic heterocycles. The van der Waals surface area contributed by atoms with E-state index in [-0.39, 0.29) is 5.92 Å². The average Bonchev–Trinajstić information content (AvgIpc) is 3.39.